The molecule has 1 aromatic heterocycles. The van der Waals surface area contributed by atoms with Crippen LogP contribution in [-0.2, 0) is 0 Å². The highest BCUT2D eigenvalue weighted by molar-refractivity contribution is 5.99. The van der Waals surface area contributed by atoms with Gasteiger partial charge in [0, 0.05) is 36.2 Å². The lowest BCUT2D eigenvalue weighted by atomic mass is 10.1. The minimum atomic E-state index is -0.274. The van der Waals surface area contributed by atoms with Gasteiger partial charge in [0.1, 0.15) is 17.5 Å². The molecule has 0 atom stereocenters. The van der Waals surface area contributed by atoms with Gasteiger partial charge in [-0.1, -0.05) is 12.1 Å². The molecule has 0 saturated carbocycles. The summed E-state index contributed by atoms with van der Waals surface area (Å²) in [5.41, 5.74) is 3.46. The Balaban J connectivity index is 1.38. The Morgan fingerprint density at radius 1 is 0.839 bits per heavy atom. The van der Waals surface area contributed by atoms with Crippen LogP contribution < -0.4 is 20.9 Å². The van der Waals surface area contributed by atoms with Crippen LogP contribution in [-0.4, -0.2) is 29.1 Å². The molecule has 31 heavy (non-hydrogen) atoms. The average molecular weight is 417 g/mol. The van der Waals surface area contributed by atoms with Crippen molar-refractivity contribution < 1.29 is 4.79 Å². The monoisotopic (exact) mass is 416 g/mol. The number of urea groups is 1. The third kappa shape index (κ3) is 5.72. The van der Waals surface area contributed by atoms with Crippen molar-refractivity contribution in [3.8, 4) is 0 Å². The maximum atomic E-state index is 12.2. The maximum absolute atomic E-state index is 12.2. The van der Waals surface area contributed by atoms with Crippen molar-refractivity contribution in [3.63, 3.8) is 0 Å². The predicted octanol–water partition coefficient (Wildman–Crippen LogP) is 5.47. The molecule has 160 valence electrons. The first-order valence-electron chi connectivity index (χ1n) is 10.7. The predicted molar refractivity (Wildman–Crippen MR) is 126 cm³/mol. The summed E-state index contributed by atoms with van der Waals surface area (Å²) in [5.74, 6) is 2.49. The van der Waals surface area contributed by atoms with E-state index in [2.05, 4.69) is 30.8 Å². The summed E-state index contributed by atoms with van der Waals surface area (Å²) in [6.45, 7) is 5.99. The molecular weight excluding hydrogens is 388 g/mol. The standard InChI is InChI=1S/C24H28N6O/c1-17-7-6-8-21(15-17)29-24(31)28-20-11-9-19(10-12-20)27-22-16-23(26-18(2)25-22)30-13-4-3-5-14-30/h6-12,15-16H,3-5,13-14H2,1-2H3,(H,25,26,27)(H2,28,29,31). The van der Waals surface area contributed by atoms with E-state index in [9.17, 15) is 4.79 Å². The number of nitrogens with zero attached hydrogens (tertiary/aromatic N) is 3. The zero-order chi connectivity index (χ0) is 21.6. The van der Waals surface area contributed by atoms with Crippen LogP contribution in [0.2, 0.25) is 0 Å². The molecule has 1 saturated heterocycles. The van der Waals surface area contributed by atoms with Gasteiger partial charge in [0.15, 0.2) is 0 Å². The molecule has 3 N–H and O–H groups in total. The zero-order valence-electron chi connectivity index (χ0n) is 18.0. The lowest BCUT2D eigenvalue weighted by Gasteiger charge is -2.28. The Hall–Kier alpha value is -3.61. The van der Waals surface area contributed by atoms with Crippen molar-refractivity contribution in [3.05, 3.63) is 66.0 Å². The van der Waals surface area contributed by atoms with E-state index < -0.39 is 0 Å². The van der Waals surface area contributed by atoms with Crippen LogP contribution in [0.15, 0.2) is 54.6 Å². The first kappa shape index (κ1) is 20.7. The Morgan fingerprint density at radius 2 is 1.55 bits per heavy atom. The van der Waals surface area contributed by atoms with Gasteiger partial charge in [-0.05, 0) is 75.1 Å². The highest BCUT2D eigenvalue weighted by Crippen LogP contribution is 2.23. The fraction of sp³-hybridized carbons (Fsp3) is 0.292. The number of rotatable bonds is 5. The highest BCUT2D eigenvalue weighted by Gasteiger charge is 2.14. The number of carbonyl (C=O) groups excluding carboxylic acids is 1. The van der Waals surface area contributed by atoms with Gasteiger partial charge in [0.25, 0.3) is 0 Å². The van der Waals surface area contributed by atoms with Gasteiger partial charge in [-0.15, -0.1) is 0 Å². The normalized spacial score (nSPS) is 13.5. The van der Waals surface area contributed by atoms with E-state index in [0.29, 0.717) is 5.69 Å². The number of anilines is 5. The van der Waals surface area contributed by atoms with Gasteiger partial charge in [-0.2, -0.15) is 0 Å². The summed E-state index contributed by atoms with van der Waals surface area (Å²) in [5, 5.41) is 9.04. The topological polar surface area (TPSA) is 82.2 Å². The Morgan fingerprint density at radius 3 is 2.29 bits per heavy atom. The minimum Gasteiger partial charge on any atom is -0.356 e. The zero-order valence-corrected chi connectivity index (χ0v) is 18.0. The molecule has 0 unspecified atom stereocenters. The summed E-state index contributed by atoms with van der Waals surface area (Å²) in [6, 6.07) is 17.0. The van der Waals surface area contributed by atoms with Crippen LogP contribution in [0.5, 0.6) is 0 Å². The lowest BCUT2D eigenvalue weighted by Crippen LogP contribution is -2.30. The number of aryl methyl sites for hydroxylation is 2. The number of carbonyl (C=O) groups is 1. The van der Waals surface area contributed by atoms with Gasteiger partial charge in [0.05, 0.1) is 0 Å². The maximum Gasteiger partial charge on any atom is 0.323 e. The van der Waals surface area contributed by atoms with Crippen molar-refractivity contribution in [2.24, 2.45) is 0 Å². The van der Waals surface area contributed by atoms with E-state index in [1.54, 1.807) is 0 Å². The first-order valence-corrected chi connectivity index (χ1v) is 10.7. The van der Waals surface area contributed by atoms with E-state index in [4.69, 9.17) is 0 Å². The Kier molecular flexibility index (Phi) is 6.31. The molecule has 2 aromatic carbocycles. The molecule has 2 heterocycles. The Labute approximate surface area is 182 Å². The third-order valence-corrected chi connectivity index (χ3v) is 5.20. The van der Waals surface area contributed by atoms with Gasteiger partial charge >= 0.3 is 6.03 Å². The molecule has 4 rings (SSSR count). The Bertz CT molecular complexity index is 1040. The van der Waals surface area contributed by atoms with Crippen LogP contribution in [0.4, 0.5) is 33.5 Å². The van der Waals surface area contributed by atoms with Crippen LogP contribution in [0.3, 0.4) is 0 Å². The SMILES string of the molecule is Cc1cccc(NC(=O)Nc2ccc(Nc3cc(N4CCCCC4)nc(C)n3)cc2)c1. The van der Waals surface area contributed by atoms with Gasteiger partial charge < -0.3 is 20.9 Å². The van der Waals surface area contributed by atoms with Crippen molar-refractivity contribution in [1.82, 2.24) is 9.97 Å². The molecule has 3 aromatic rings. The number of benzene rings is 2. The van der Waals surface area contributed by atoms with Crippen LogP contribution in [0, 0.1) is 13.8 Å². The summed E-state index contributed by atoms with van der Waals surface area (Å²) >= 11 is 0. The smallest absolute Gasteiger partial charge is 0.323 e. The first-order chi connectivity index (χ1) is 15.0. The number of nitrogens with one attached hydrogen (secondary N) is 3. The fourth-order valence-electron chi connectivity index (χ4n) is 3.70. The van der Waals surface area contributed by atoms with Gasteiger partial charge in [-0.3, -0.25) is 0 Å². The molecular formula is C24H28N6O. The van der Waals surface area contributed by atoms with Crippen molar-refractivity contribution in [2.75, 3.05) is 33.9 Å². The molecule has 1 fully saturated rings. The van der Waals surface area contributed by atoms with E-state index in [1.807, 2.05) is 68.4 Å². The van der Waals surface area contributed by atoms with E-state index in [1.165, 1.54) is 19.3 Å². The highest BCUT2D eigenvalue weighted by atomic mass is 16.2. The summed E-state index contributed by atoms with van der Waals surface area (Å²) in [7, 11) is 0. The molecule has 1 aliphatic heterocycles. The summed E-state index contributed by atoms with van der Waals surface area (Å²) in [6.07, 6.45) is 3.70. The second-order valence-corrected chi connectivity index (χ2v) is 7.86. The van der Waals surface area contributed by atoms with Gasteiger partial charge in [0.2, 0.25) is 0 Å². The lowest BCUT2D eigenvalue weighted by molar-refractivity contribution is 0.262. The number of piperidine rings is 1. The molecule has 0 spiro atoms. The largest absolute Gasteiger partial charge is 0.356 e. The quantitative estimate of drug-likeness (QED) is 0.514. The van der Waals surface area contributed by atoms with E-state index in [0.717, 1.165) is 47.5 Å². The van der Waals surface area contributed by atoms with Crippen LogP contribution in [0.25, 0.3) is 0 Å². The number of hydrogen-bond acceptors (Lipinski definition) is 5. The third-order valence-electron chi connectivity index (χ3n) is 5.20. The minimum absolute atomic E-state index is 0.274. The summed E-state index contributed by atoms with van der Waals surface area (Å²) < 4.78 is 0. The van der Waals surface area contributed by atoms with Crippen LogP contribution in [0.1, 0.15) is 30.7 Å². The molecule has 7 heteroatoms. The second kappa shape index (κ2) is 9.47. The fourth-order valence-corrected chi connectivity index (χ4v) is 3.70. The van der Waals surface area contributed by atoms with E-state index >= 15 is 0 Å². The molecule has 7 nitrogen and oxygen atoms in total. The van der Waals surface area contributed by atoms with Crippen LogP contribution >= 0.6 is 0 Å². The van der Waals surface area contributed by atoms with Crippen molar-refractivity contribution >= 4 is 34.7 Å². The molecule has 0 radical (unpaired) electrons. The van der Waals surface area contributed by atoms with Crippen molar-refractivity contribution in [1.29, 1.82) is 0 Å². The average Bonchev–Trinajstić information content (AvgIpc) is 2.75. The number of hydrogen-bond donors (Lipinski definition) is 3. The van der Waals surface area contributed by atoms with E-state index in [-0.39, 0.29) is 6.03 Å². The van der Waals surface area contributed by atoms with Crippen molar-refractivity contribution in [2.45, 2.75) is 33.1 Å². The molecule has 0 aliphatic carbocycles. The molecule has 2 amide bonds. The summed E-state index contributed by atoms with van der Waals surface area (Å²) in [4.78, 5) is 23.7. The second-order valence-electron chi connectivity index (χ2n) is 7.86. The number of amides is 2. The number of aromatic nitrogens is 2. The molecule has 0 bridgehead atoms. The molecule has 1 aliphatic rings. The van der Waals surface area contributed by atoms with Gasteiger partial charge in [-0.25, -0.2) is 14.8 Å².